The van der Waals surface area contributed by atoms with Gasteiger partial charge >= 0.3 is 10.1 Å². The van der Waals surface area contributed by atoms with Crippen LogP contribution in [0.25, 0.3) is 0 Å². The first kappa shape index (κ1) is 20.8. The van der Waals surface area contributed by atoms with E-state index in [1.165, 1.54) is 0 Å². The normalized spacial score (nSPS) is 12.3. The van der Waals surface area contributed by atoms with Crippen LogP contribution < -0.4 is 8.92 Å². The summed E-state index contributed by atoms with van der Waals surface area (Å²) in [6.07, 6.45) is 1.82. The lowest BCUT2D eigenvalue weighted by Crippen LogP contribution is -2.37. The van der Waals surface area contributed by atoms with Crippen molar-refractivity contribution in [3.8, 4) is 11.5 Å². The van der Waals surface area contributed by atoms with Gasteiger partial charge in [0, 0.05) is 18.2 Å². The Labute approximate surface area is 160 Å². The number of amides is 1. The van der Waals surface area contributed by atoms with Gasteiger partial charge in [0.25, 0.3) is 5.91 Å². The summed E-state index contributed by atoms with van der Waals surface area (Å²) < 4.78 is 32.4. The second kappa shape index (κ2) is 8.90. The van der Waals surface area contributed by atoms with Crippen LogP contribution in [-0.2, 0) is 16.7 Å². The summed E-state index contributed by atoms with van der Waals surface area (Å²) in [4.78, 5) is 14.8. The highest BCUT2D eigenvalue weighted by molar-refractivity contribution is 7.86. The minimum absolute atomic E-state index is 0.0477. The first-order chi connectivity index (χ1) is 12.7. The number of methoxy groups -OCH3 is 1. The average Bonchev–Trinajstić information content (AvgIpc) is 2.65. The SMILES string of the molecule is CCC(C)N(Cc1ccc(OS(C)(=O)=O)cc1)C(=O)c1ccc(OC)cc1. The second-order valence-electron chi connectivity index (χ2n) is 6.35. The minimum Gasteiger partial charge on any atom is -0.497 e. The molecular weight excluding hydrogens is 366 g/mol. The molecule has 0 fully saturated rings. The lowest BCUT2D eigenvalue weighted by atomic mass is 10.1. The van der Waals surface area contributed by atoms with Gasteiger partial charge in [0.1, 0.15) is 11.5 Å². The van der Waals surface area contributed by atoms with E-state index in [2.05, 4.69) is 0 Å². The van der Waals surface area contributed by atoms with Crippen LogP contribution in [0.15, 0.2) is 48.5 Å². The molecule has 1 atom stereocenters. The monoisotopic (exact) mass is 391 g/mol. The molecule has 7 heteroatoms. The lowest BCUT2D eigenvalue weighted by Gasteiger charge is -2.29. The van der Waals surface area contributed by atoms with Crippen LogP contribution >= 0.6 is 0 Å². The van der Waals surface area contributed by atoms with Crippen LogP contribution in [-0.4, -0.2) is 38.6 Å². The number of carbonyl (C=O) groups is 1. The molecule has 146 valence electrons. The molecule has 2 aromatic rings. The van der Waals surface area contributed by atoms with Crippen LogP contribution in [0.2, 0.25) is 0 Å². The van der Waals surface area contributed by atoms with Crippen molar-refractivity contribution in [2.75, 3.05) is 13.4 Å². The number of rotatable bonds is 8. The van der Waals surface area contributed by atoms with E-state index in [1.807, 2.05) is 13.8 Å². The Morgan fingerprint density at radius 3 is 2.07 bits per heavy atom. The van der Waals surface area contributed by atoms with E-state index in [0.29, 0.717) is 17.9 Å². The molecule has 0 aliphatic carbocycles. The predicted molar refractivity (Wildman–Crippen MR) is 105 cm³/mol. The Bertz CT molecular complexity index is 860. The van der Waals surface area contributed by atoms with Gasteiger partial charge in [-0.25, -0.2) is 0 Å². The Morgan fingerprint density at radius 1 is 1.04 bits per heavy atom. The first-order valence-electron chi connectivity index (χ1n) is 8.67. The molecule has 0 saturated carbocycles. The van der Waals surface area contributed by atoms with Crippen molar-refractivity contribution in [3.63, 3.8) is 0 Å². The molecule has 2 rings (SSSR count). The van der Waals surface area contributed by atoms with Gasteiger partial charge in [-0.1, -0.05) is 19.1 Å². The van der Waals surface area contributed by atoms with Crippen LogP contribution in [0.3, 0.4) is 0 Å². The highest BCUT2D eigenvalue weighted by Crippen LogP contribution is 2.20. The maximum atomic E-state index is 13.0. The summed E-state index contributed by atoms with van der Waals surface area (Å²) in [7, 11) is -1.98. The van der Waals surface area contributed by atoms with Gasteiger partial charge < -0.3 is 13.8 Å². The molecule has 0 aromatic heterocycles. The smallest absolute Gasteiger partial charge is 0.306 e. The standard InChI is InChI=1S/C20H25NO5S/c1-5-15(2)21(20(22)17-8-12-18(25-3)13-9-17)14-16-6-10-19(11-7-16)26-27(4,23)24/h6-13,15H,5,14H2,1-4H3. The van der Waals surface area contributed by atoms with E-state index in [0.717, 1.165) is 18.2 Å². The Morgan fingerprint density at radius 2 is 1.59 bits per heavy atom. The van der Waals surface area contributed by atoms with Crippen molar-refractivity contribution in [2.24, 2.45) is 0 Å². The summed E-state index contributed by atoms with van der Waals surface area (Å²) in [6, 6.07) is 13.8. The summed E-state index contributed by atoms with van der Waals surface area (Å²) in [5, 5.41) is 0. The third kappa shape index (κ3) is 5.99. The fourth-order valence-electron chi connectivity index (χ4n) is 2.57. The zero-order valence-corrected chi connectivity index (χ0v) is 16.8. The van der Waals surface area contributed by atoms with Crippen LogP contribution in [0.4, 0.5) is 0 Å². The first-order valence-corrected chi connectivity index (χ1v) is 10.5. The van der Waals surface area contributed by atoms with Crippen LogP contribution in [0.1, 0.15) is 36.2 Å². The van der Waals surface area contributed by atoms with E-state index >= 15 is 0 Å². The maximum absolute atomic E-state index is 13.0. The van der Waals surface area contributed by atoms with Gasteiger partial charge in [-0.3, -0.25) is 4.79 Å². The molecule has 1 unspecified atom stereocenters. The zero-order chi connectivity index (χ0) is 20.0. The van der Waals surface area contributed by atoms with Gasteiger partial charge in [-0.2, -0.15) is 8.42 Å². The predicted octanol–water partition coefficient (Wildman–Crippen LogP) is 3.47. The average molecular weight is 391 g/mol. The molecule has 1 amide bonds. The van der Waals surface area contributed by atoms with Crippen molar-refractivity contribution >= 4 is 16.0 Å². The largest absolute Gasteiger partial charge is 0.497 e. The maximum Gasteiger partial charge on any atom is 0.306 e. The molecule has 0 spiro atoms. The minimum atomic E-state index is -3.56. The lowest BCUT2D eigenvalue weighted by molar-refractivity contribution is 0.0671. The van der Waals surface area contributed by atoms with Crippen LogP contribution in [0.5, 0.6) is 11.5 Å². The number of benzene rings is 2. The summed E-state index contributed by atoms with van der Waals surface area (Å²) in [5.74, 6) is 0.879. The van der Waals surface area contributed by atoms with E-state index in [1.54, 1.807) is 60.5 Å². The molecule has 27 heavy (non-hydrogen) atoms. The third-order valence-electron chi connectivity index (χ3n) is 4.24. The number of hydrogen-bond acceptors (Lipinski definition) is 5. The molecule has 0 N–H and O–H groups in total. The van der Waals surface area contributed by atoms with Crippen molar-refractivity contribution in [3.05, 3.63) is 59.7 Å². The van der Waals surface area contributed by atoms with E-state index in [4.69, 9.17) is 8.92 Å². The summed E-state index contributed by atoms with van der Waals surface area (Å²) in [5.41, 5.74) is 1.48. The van der Waals surface area contributed by atoms with E-state index in [9.17, 15) is 13.2 Å². The van der Waals surface area contributed by atoms with Crippen LogP contribution in [0, 0.1) is 0 Å². The number of ether oxygens (including phenoxy) is 1. The molecular formula is C20H25NO5S. The van der Waals surface area contributed by atoms with Crippen molar-refractivity contribution < 1.29 is 22.1 Å². The molecule has 0 aliphatic rings. The van der Waals surface area contributed by atoms with Gasteiger partial charge in [-0.05, 0) is 55.3 Å². The second-order valence-corrected chi connectivity index (χ2v) is 7.93. The Kier molecular flexibility index (Phi) is 6.85. The van der Waals surface area contributed by atoms with Gasteiger partial charge in [0.15, 0.2) is 0 Å². The third-order valence-corrected chi connectivity index (χ3v) is 4.74. The molecule has 0 aliphatic heterocycles. The fraction of sp³-hybridized carbons (Fsp3) is 0.350. The summed E-state index contributed by atoms with van der Waals surface area (Å²) >= 11 is 0. The molecule has 0 radical (unpaired) electrons. The zero-order valence-electron chi connectivity index (χ0n) is 16.0. The molecule has 2 aromatic carbocycles. The Hall–Kier alpha value is -2.54. The van der Waals surface area contributed by atoms with Crippen molar-refractivity contribution in [1.29, 1.82) is 0 Å². The quantitative estimate of drug-likeness (QED) is 0.644. The van der Waals surface area contributed by atoms with Gasteiger partial charge in [-0.15, -0.1) is 0 Å². The molecule has 6 nitrogen and oxygen atoms in total. The van der Waals surface area contributed by atoms with Gasteiger partial charge in [0.05, 0.1) is 13.4 Å². The fourth-order valence-corrected chi connectivity index (χ4v) is 3.03. The van der Waals surface area contributed by atoms with Crippen molar-refractivity contribution in [1.82, 2.24) is 4.90 Å². The molecule has 0 heterocycles. The highest BCUT2D eigenvalue weighted by Gasteiger charge is 2.21. The molecule has 0 saturated heterocycles. The Balaban J connectivity index is 2.19. The number of carbonyl (C=O) groups excluding carboxylic acids is 1. The number of nitrogens with zero attached hydrogens (tertiary/aromatic N) is 1. The van der Waals surface area contributed by atoms with E-state index in [-0.39, 0.29) is 17.7 Å². The number of hydrogen-bond donors (Lipinski definition) is 0. The van der Waals surface area contributed by atoms with E-state index < -0.39 is 10.1 Å². The highest BCUT2D eigenvalue weighted by atomic mass is 32.2. The molecule has 0 bridgehead atoms. The summed E-state index contributed by atoms with van der Waals surface area (Å²) in [6.45, 7) is 4.45. The topological polar surface area (TPSA) is 72.9 Å². The van der Waals surface area contributed by atoms with Gasteiger partial charge in [0.2, 0.25) is 0 Å². The van der Waals surface area contributed by atoms with Crippen molar-refractivity contribution in [2.45, 2.75) is 32.9 Å².